The van der Waals surface area contributed by atoms with E-state index in [0.29, 0.717) is 6.42 Å². The quantitative estimate of drug-likeness (QED) is 0.502. The minimum Gasteiger partial charge on any atom is -0.857 e. The van der Waals surface area contributed by atoms with Crippen molar-refractivity contribution in [1.82, 2.24) is 5.32 Å². The van der Waals surface area contributed by atoms with Crippen molar-refractivity contribution in [1.29, 1.82) is 0 Å². The van der Waals surface area contributed by atoms with Crippen LogP contribution in [0.25, 0.3) is 0 Å². The van der Waals surface area contributed by atoms with E-state index in [4.69, 9.17) is 14.9 Å². The summed E-state index contributed by atoms with van der Waals surface area (Å²) in [6.07, 6.45) is 0.757. The van der Waals surface area contributed by atoms with Gasteiger partial charge in [0.15, 0.2) is 0 Å². The van der Waals surface area contributed by atoms with Crippen molar-refractivity contribution in [3.63, 3.8) is 0 Å². The van der Waals surface area contributed by atoms with Crippen LogP contribution in [0.2, 0.25) is 0 Å². The summed E-state index contributed by atoms with van der Waals surface area (Å²) < 4.78 is 5.52. The summed E-state index contributed by atoms with van der Waals surface area (Å²) >= 11 is 0. The largest absolute Gasteiger partial charge is 1.00 e. The number of aliphatic hydroxyl groups excluding tert-OH is 1. The molecule has 1 amide bonds. The molecule has 2 unspecified atom stereocenters. The molecular weight excluding hydrogens is 284 g/mol. The van der Waals surface area contributed by atoms with Crippen LogP contribution in [0.5, 0.6) is 0 Å². The van der Waals surface area contributed by atoms with Crippen LogP contribution in [0, 0.1) is 5.92 Å². The van der Waals surface area contributed by atoms with E-state index < -0.39 is 6.10 Å². The number of carbonyl (C=O) groups excluding carboxylic acids is 1. The maximum atomic E-state index is 11.0. The van der Waals surface area contributed by atoms with Gasteiger partial charge in [0.25, 0.3) is 0 Å². The molecule has 8 heteroatoms. The average Bonchev–Trinajstić information content (AvgIpc) is 2.39. The Morgan fingerprint density at radius 1 is 1.35 bits per heavy atom. The first-order valence-electron chi connectivity index (χ1n) is 6.14. The second kappa shape index (κ2) is 15.2. The zero-order valence-electron chi connectivity index (χ0n) is 13.2. The molecule has 6 nitrogen and oxygen atoms in total. The van der Waals surface area contributed by atoms with Gasteiger partial charge in [-0.05, 0) is 12.3 Å². The number of amides is 1. The van der Waals surface area contributed by atoms with Crippen molar-refractivity contribution >= 4 is 5.91 Å². The van der Waals surface area contributed by atoms with Crippen molar-refractivity contribution in [2.45, 2.75) is 44.9 Å². The van der Waals surface area contributed by atoms with Gasteiger partial charge in [0, 0.05) is 13.0 Å². The Kier molecular flexibility index (Phi) is 19.9. The number of rotatable bonds is 4. The molecule has 0 bridgehead atoms. The topological polar surface area (TPSA) is 105 Å². The summed E-state index contributed by atoms with van der Waals surface area (Å²) in [7, 11) is 0.750. The molecule has 0 radical (unpaired) electrons. The number of aliphatic hydroxyl groups is 1. The fraction of sp³-hybridized carbons (Fsp3) is 0.917. The predicted octanol–water partition coefficient (Wildman–Crippen LogP) is -7.99. The van der Waals surface area contributed by atoms with Gasteiger partial charge in [-0.2, -0.15) is 7.11 Å². The minimum absolute atomic E-state index is 0. The molecule has 0 aromatic heterocycles. The SMILES string of the molecule is CC[C@H]1CC(NC(C)=O)[C@H](CO)OC1C[O-].C[O-].[Na+].[Na+]. The third-order valence-electron chi connectivity index (χ3n) is 3.14. The van der Waals surface area contributed by atoms with Gasteiger partial charge in [0.1, 0.15) is 6.10 Å². The first kappa shape index (κ1) is 26.2. The number of carbonyl (C=O) groups is 1. The molecule has 108 valence electrons. The molecular formula is C12H23NNa2O5. The fourth-order valence-corrected chi connectivity index (χ4v) is 2.25. The van der Waals surface area contributed by atoms with Crippen LogP contribution in [0.3, 0.4) is 0 Å². The Morgan fingerprint density at radius 2 is 1.90 bits per heavy atom. The van der Waals surface area contributed by atoms with E-state index in [1.807, 2.05) is 6.92 Å². The molecule has 1 aliphatic heterocycles. The third kappa shape index (κ3) is 8.68. The molecule has 0 saturated carbocycles. The molecule has 1 rings (SSSR count). The molecule has 1 heterocycles. The van der Waals surface area contributed by atoms with E-state index in [-0.39, 0.29) is 96.3 Å². The van der Waals surface area contributed by atoms with Gasteiger partial charge in [-0.15, -0.1) is 6.61 Å². The van der Waals surface area contributed by atoms with Gasteiger partial charge in [0.05, 0.1) is 12.6 Å². The number of nitrogens with one attached hydrogen (secondary N) is 1. The van der Waals surface area contributed by atoms with Gasteiger partial charge >= 0.3 is 59.1 Å². The average molecular weight is 307 g/mol. The maximum absolute atomic E-state index is 11.0. The molecule has 0 aliphatic carbocycles. The van der Waals surface area contributed by atoms with Crippen LogP contribution < -0.4 is 74.6 Å². The van der Waals surface area contributed by atoms with E-state index in [9.17, 15) is 9.90 Å². The minimum atomic E-state index is -0.453. The number of hydrogen-bond donors (Lipinski definition) is 2. The molecule has 20 heavy (non-hydrogen) atoms. The zero-order chi connectivity index (χ0) is 14.1. The first-order valence-corrected chi connectivity index (χ1v) is 6.14. The summed E-state index contributed by atoms with van der Waals surface area (Å²) in [5.74, 6) is 0.0274. The summed E-state index contributed by atoms with van der Waals surface area (Å²) in [6.45, 7) is 2.98. The van der Waals surface area contributed by atoms with Gasteiger partial charge in [-0.3, -0.25) is 4.79 Å². The monoisotopic (exact) mass is 307 g/mol. The van der Waals surface area contributed by atoms with Crippen molar-refractivity contribution in [3.8, 4) is 0 Å². The normalized spacial score (nSPS) is 28.1. The second-order valence-electron chi connectivity index (χ2n) is 4.27. The van der Waals surface area contributed by atoms with Gasteiger partial charge in [0.2, 0.25) is 5.91 Å². The van der Waals surface area contributed by atoms with Crippen molar-refractivity contribution in [3.05, 3.63) is 0 Å². The Hall–Kier alpha value is 1.31. The van der Waals surface area contributed by atoms with E-state index in [0.717, 1.165) is 13.5 Å². The summed E-state index contributed by atoms with van der Waals surface area (Å²) in [5.41, 5.74) is 0. The molecule has 0 spiro atoms. The number of ether oxygens (including phenoxy) is 1. The van der Waals surface area contributed by atoms with Gasteiger partial charge in [-0.25, -0.2) is 0 Å². The van der Waals surface area contributed by atoms with Crippen molar-refractivity contribution < 1.29 is 84.0 Å². The van der Waals surface area contributed by atoms with Crippen LogP contribution in [-0.2, 0) is 9.53 Å². The second-order valence-corrected chi connectivity index (χ2v) is 4.27. The Bertz CT molecular complexity index is 246. The van der Waals surface area contributed by atoms with Crippen LogP contribution in [0.4, 0.5) is 0 Å². The van der Waals surface area contributed by atoms with Crippen LogP contribution in [0.15, 0.2) is 0 Å². The van der Waals surface area contributed by atoms with Gasteiger partial charge in [-0.1, -0.05) is 13.3 Å². The molecule has 2 N–H and O–H groups in total. The van der Waals surface area contributed by atoms with Crippen LogP contribution in [0.1, 0.15) is 26.7 Å². The molecule has 1 aliphatic rings. The smallest absolute Gasteiger partial charge is 0.857 e. The Morgan fingerprint density at radius 3 is 2.25 bits per heavy atom. The molecule has 4 atom stereocenters. The van der Waals surface area contributed by atoms with E-state index in [1.54, 1.807) is 0 Å². The Labute approximate surface area is 165 Å². The standard InChI is InChI=1S/C11H20NO4.CH3O.2Na/c1-3-8-4-9(12-7(2)15)11(6-14)16-10(8)5-13;1-2;;/h8-11,14H,3-6H2,1-2H3,(H,12,15);1H3;;/q2*-1;2*+1/t8-,9?,10?,11-;;;/m0.../s1. The molecule has 1 fully saturated rings. The molecule has 1 saturated heterocycles. The molecule has 0 aromatic rings. The molecule has 0 aromatic carbocycles. The van der Waals surface area contributed by atoms with Crippen LogP contribution in [-0.4, -0.2) is 49.6 Å². The number of hydrogen-bond acceptors (Lipinski definition) is 5. The van der Waals surface area contributed by atoms with E-state index >= 15 is 0 Å². The fourth-order valence-electron chi connectivity index (χ4n) is 2.25. The predicted molar refractivity (Wildman–Crippen MR) is 62.5 cm³/mol. The van der Waals surface area contributed by atoms with Gasteiger partial charge < -0.3 is 25.4 Å². The van der Waals surface area contributed by atoms with Crippen LogP contribution >= 0.6 is 0 Å². The summed E-state index contributed by atoms with van der Waals surface area (Å²) in [5, 5.41) is 31.1. The Balaban J connectivity index is -0.000000689. The third-order valence-corrected chi connectivity index (χ3v) is 3.14. The van der Waals surface area contributed by atoms with Crippen molar-refractivity contribution in [2.75, 3.05) is 20.3 Å². The van der Waals surface area contributed by atoms with E-state index in [2.05, 4.69) is 5.32 Å². The summed E-state index contributed by atoms with van der Waals surface area (Å²) in [6, 6.07) is -0.185. The van der Waals surface area contributed by atoms with E-state index in [1.165, 1.54) is 6.92 Å². The van der Waals surface area contributed by atoms with Crippen molar-refractivity contribution in [2.24, 2.45) is 5.92 Å². The maximum Gasteiger partial charge on any atom is 1.00 e. The first-order chi connectivity index (χ1) is 8.62. The summed E-state index contributed by atoms with van der Waals surface area (Å²) in [4.78, 5) is 11.0. The zero-order valence-corrected chi connectivity index (χ0v) is 17.2.